The van der Waals surface area contributed by atoms with Gasteiger partial charge in [-0.05, 0) is 69.1 Å². The second-order valence-corrected chi connectivity index (χ2v) is 8.91. The molecular weight excluding hydrogens is 400 g/mol. The monoisotopic (exact) mass is 434 g/mol. The van der Waals surface area contributed by atoms with Crippen LogP contribution in [0.15, 0.2) is 42.6 Å². The number of hydrogen-bond donors (Lipinski definition) is 0. The molecule has 0 aliphatic carbocycles. The maximum Gasteiger partial charge on any atom is 0.274 e. The number of methoxy groups -OCH3 is 1. The number of ether oxygens (including phenoxy) is 1. The summed E-state index contributed by atoms with van der Waals surface area (Å²) in [6.07, 6.45) is 6.58. The number of benzene rings is 1. The first-order chi connectivity index (χ1) is 15.5. The van der Waals surface area contributed by atoms with Crippen molar-refractivity contribution >= 4 is 11.6 Å². The fourth-order valence-electron chi connectivity index (χ4n) is 4.45. The molecule has 3 aromatic rings. The Kier molecular flexibility index (Phi) is 6.80. The Bertz CT molecular complexity index is 1070. The molecule has 0 radical (unpaired) electrons. The Balaban J connectivity index is 1.65. The van der Waals surface area contributed by atoms with E-state index in [1.165, 1.54) is 18.4 Å². The number of likely N-dealkylation sites (tertiary alicyclic amines) is 1. The summed E-state index contributed by atoms with van der Waals surface area (Å²) in [5, 5.41) is 0. The SMILES string of the molecule is COc1ccc(C(C)N(C)Cc2c(C(=O)N3CCCCCC3)nc3cc(C)ccn23)cc1. The van der Waals surface area contributed by atoms with Gasteiger partial charge < -0.3 is 14.0 Å². The number of fused-ring (bicyclic) bond motifs is 1. The molecule has 1 unspecified atom stereocenters. The van der Waals surface area contributed by atoms with Gasteiger partial charge in [-0.25, -0.2) is 4.98 Å². The molecule has 1 aromatic carbocycles. The van der Waals surface area contributed by atoms with Crippen LogP contribution in [0.2, 0.25) is 0 Å². The number of rotatable bonds is 6. The van der Waals surface area contributed by atoms with E-state index in [0.29, 0.717) is 12.2 Å². The average Bonchev–Trinajstić information content (AvgIpc) is 2.97. The molecule has 0 N–H and O–H groups in total. The minimum atomic E-state index is 0.0637. The molecule has 6 heteroatoms. The first-order valence-corrected chi connectivity index (χ1v) is 11.6. The fraction of sp³-hybridized carbons (Fsp3) is 0.462. The van der Waals surface area contributed by atoms with Crippen molar-refractivity contribution in [1.82, 2.24) is 19.2 Å². The van der Waals surface area contributed by atoms with E-state index in [-0.39, 0.29) is 11.9 Å². The number of hydrogen-bond acceptors (Lipinski definition) is 4. The Labute approximate surface area is 190 Å². The van der Waals surface area contributed by atoms with Crippen LogP contribution in [0.25, 0.3) is 5.65 Å². The zero-order valence-corrected chi connectivity index (χ0v) is 19.7. The smallest absolute Gasteiger partial charge is 0.274 e. The van der Waals surface area contributed by atoms with E-state index in [4.69, 9.17) is 9.72 Å². The van der Waals surface area contributed by atoms with E-state index in [2.05, 4.69) is 54.5 Å². The molecule has 32 heavy (non-hydrogen) atoms. The van der Waals surface area contributed by atoms with Crippen molar-refractivity contribution in [2.24, 2.45) is 0 Å². The van der Waals surface area contributed by atoms with Crippen molar-refractivity contribution in [1.29, 1.82) is 0 Å². The highest BCUT2D eigenvalue weighted by molar-refractivity contribution is 5.94. The van der Waals surface area contributed by atoms with Gasteiger partial charge >= 0.3 is 0 Å². The third kappa shape index (κ3) is 4.65. The highest BCUT2D eigenvalue weighted by atomic mass is 16.5. The van der Waals surface area contributed by atoms with E-state index in [9.17, 15) is 4.79 Å². The van der Waals surface area contributed by atoms with Crippen molar-refractivity contribution in [2.45, 2.75) is 52.1 Å². The normalized spacial score (nSPS) is 15.7. The van der Waals surface area contributed by atoms with Crippen LogP contribution in [0.4, 0.5) is 0 Å². The van der Waals surface area contributed by atoms with Crippen LogP contribution in [-0.2, 0) is 6.54 Å². The van der Waals surface area contributed by atoms with Gasteiger partial charge in [0.2, 0.25) is 0 Å². The standard InChI is InChI=1S/C26H34N4O2/c1-19-13-16-30-23(18-28(3)20(2)21-9-11-22(32-4)12-10-21)25(27-24(30)17-19)26(31)29-14-7-5-6-8-15-29/h9-13,16-17,20H,5-8,14-15,18H2,1-4H3. The number of carbonyl (C=O) groups excluding carboxylic acids is 1. The van der Waals surface area contributed by atoms with Crippen molar-refractivity contribution in [3.05, 3.63) is 65.1 Å². The summed E-state index contributed by atoms with van der Waals surface area (Å²) in [7, 11) is 3.78. The molecule has 0 bridgehead atoms. The summed E-state index contributed by atoms with van der Waals surface area (Å²) >= 11 is 0. The zero-order valence-electron chi connectivity index (χ0n) is 19.7. The fourth-order valence-corrected chi connectivity index (χ4v) is 4.45. The summed E-state index contributed by atoms with van der Waals surface area (Å²) in [4.78, 5) is 22.6. The zero-order chi connectivity index (χ0) is 22.7. The average molecular weight is 435 g/mol. The Morgan fingerprint density at radius 3 is 2.47 bits per heavy atom. The van der Waals surface area contributed by atoms with Gasteiger partial charge in [-0.1, -0.05) is 25.0 Å². The molecule has 1 atom stereocenters. The Hall–Kier alpha value is -2.86. The maximum absolute atomic E-state index is 13.5. The van der Waals surface area contributed by atoms with Crippen LogP contribution in [0.1, 0.15) is 66.0 Å². The maximum atomic E-state index is 13.5. The van der Waals surface area contributed by atoms with Crippen molar-refractivity contribution in [3.8, 4) is 5.75 Å². The molecule has 6 nitrogen and oxygen atoms in total. The Morgan fingerprint density at radius 2 is 1.81 bits per heavy atom. The summed E-state index contributed by atoms with van der Waals surface area (Å²) in [5.41, 5.74) is 4.73. The molecule has 0 spiro atoms. The number of carbonyl (C=O) groups is 1. The quantitative estimate of drug-likeness (QED) is 0.556. The highest BCUT2D eigenvalue weighted by Gasteiger charge is 2.26. The lowest BCUT2D eigenvalue weighted by atomic mass is 10.1. The minimum Gasteiger partial charge on any atom is -0.497 e. The largest absolute Gasteiger partial charge is 0.497 e. The topological polar surface area (TPSA) is 50.1 Å². The first-order valence-electron chi connectivity index (χ1n) is 11.6. The van der Waals surface area contributed by atoms with E-state index in [1.807, 2.05) is 23.2 Å². The second-order valence-electron chi connectivity index (χ2n) is 8.91. The predicted octanol–water partition coefficient (Wildman–Crippen LogP) is 4.86. The van der Waals surface area contributed by atoms with Gasteiger partial charge in [-0.15, -0.1) is 0 Å². The molecule has 1 aliphatic heterocycles. The van der Waals surface area contributed by atoms with Crippen LogP contribution in [-0.4, -0.2) is 52.3 Å². The van der Waals surface area contributed by atoms with Crippen molar-refractivity contribution in [3.63, 3.8) is 0 Å². The molecule has 2 aromatic heterocycles. The van der Waals surface area contributed by atoms with E-state index in [1.54, 1.807) is 7.11 Å². The lowest BCUT2D eigenvalue weighted by molar-refractivity contribution is 0.0753. The first kappa shape index (κ1) is 22.3. The van der Waals surface area contributed by atoms with Gasteiger partial charge in [-0.2, -0.15) is 0 Å². The summed E-state index contributed by atoms with van der Waals surface area (Å²) in [6, 6.07) is 12.5. The second kappa shape index (κ2) is 9.74. The van der Waals surface area contributed by atoms with Gasteiger partial charge in [0.1, 0.15) is 11.4 Å². The predicted molar refractivity (Wildman–Crippen MR) is 127 cm³/mol. The number of pyridine rings is 1. The highest BCUT2D eigenvalue weighted by Crippen LogP contribution is 2.25. The van der Waals surface area contributed by atoms with Crippen LogP contribution in [0.5, 0.6) is 5.75 Å². The van der Waals surface area contributed by atoms with E-state index < -0.39 is 0 Å². The number of nitrogens with zero attached hydrogens (tertiary/aromatic N) is 4. The lowest BCUT2D eigenvalue weighted by Crippen LogP contribution is -2.33. The summed E-state index contributed by atoms with van der Waals surface area (Å²) < 4.78 is 7.37. The summed E-state index contributed by atoms with van der Waals surface area (Å²) in [6.45, 7) is 6.52. The lowest BCUT2D eigenvalue weighted by Gasteiger charge is -2.26. The molecule has 170 valence electrons. The van der Waals surface area contributed by atoms with Crippen molar-refractivity contribution < 1.29 is 9.53 Å². The molecule has 1 aliphatic rings. The van der Waals surface area contributed by atoms with Gasteiger partial charge in [0.15, 0.2) is 5.69 Å². The van der Waals surface area contributed by atoms with Crippen LogP contribution >= 0.6 is 0 Å². The van der Waals surface area contributed by atoms with Crippen LogP contribution < -0.4 is 4.74 Å². The van der Waals surface area contributed by atoms with Gasteiger partial charge in [-0.3, -0.25) is 9.69 Å². The Morgan fingerprint density at radius 1 is 1.12 bits per heavy atom. The van der Waals surface area contributed by atoms with Gasteiger partial charge in [0.05, 0.1) is 12.8 Å². The number of aromatic nitrogens is 2. The van der Waals surface area contributed by atoms with Crippen LogP contribution in [0, 0.1) is 6.92 Å². The van der Waals surface area contributed by atoms with Crippen LogP contribution in [0.3, 0.4) is 0 Å². The molecule has 3 heterocycles. The number of amides is 1. The molecule has 4 rings (SSSR count). The van der Waals surface area contributed by atoms with Crippen molar-refractivity contribution in [2.75, 3.05) is 27.2 Å². The van der Waals surface area contributed by atoms with Gasteiger partial charge in [0.25, 0.3) is 5.91 Å². The number of aryl methyl sites for hydroxylation is 1. The third-order valence-corrected chi connectivity index (χ3v) is 6.63. The molecular formula is C26H34N4O2. The van der Waals surface area contributed by atoms with E-state index in [0.717, 1.165) is 48.6 Å². The van der Waals surface area contributed by atoms with E-state index >= 15 is 0 Å². The summed E-state index contributed by atoms with van der Waals surface area (Å²) in [5.74, 6) is 0.917. The van der Waals surface area contributed by atoms with Gasteiger partial charge in [0, 0.05) is 31.9 Å². The number of imidazole rings is 1. The minimum absolute atomic E-state index is 0.0637. The molecule has 1 saturated heterocycles. The molecule has 1 fully saturated rings. The third-order valence-electron chi connectivity index (χ3n) is 6.63. The molecule has 1 amide bonds. The molecule has 0 saturated carbocycles.